The first-order valence-corrected chi connectivity index (χ1v) is 9.48. The number of piperidine rings is 1. The number of hydrogen-bond donors (Lipinski definition) is 1. The van der Waals surface area contributed by atoms with Gasteiger partial charge in [-0.25, -0.2) is 8.42 Å². The summed E-state index contributed by atoms with van der Waals surface area (Å²) in [4.78, 5) is 0.472. The Morgan fingerprint density at radius 3 is 2.83 bits per heavy atom. The number of methoxy groups -OCH3 is 1. The van der Waals surface area contributed by atoms with Crippen molar-refractivity contribution in [2.45, 2.75) is 28.2 Å². The van der Waals surface area contributed by atoms with E-state index in [4.69, 9.17) is 9.47 Å². The van der Waals surface area contributed by atoms with E-state index in [0.29, 0.717) is 17.4 Å². The van der Waals surface area contributed by atoms with Gasteiger partial charge in [-0.15, -0.1) is 0 Å². The molecule has 4 rings (SSSR count). The molecule has 24 heavy (non-hydrogen) atoms. The van der Waals surface area contributed by atoms with Crippen molar-refractivity contribution < 1.29 is 17.9 Å². The number of fused-ring (bicyclic) bond motifs is 3. The number of nitrogens with one attached hydrogen (secondary N) is 1. The summed E-state index contributed by atoms with van der Waals surface area (Å²) < 4.78 is 36.9. The Morgan fingerprint density at radius 2 is 2.00 bits per heavy atom. The van der Waals surface area contributed by atoms with Crippen LogP contribution in [0.4, 0.5) is 0 Å². The smallest absolute Gasteiger partial charge is 0.206 e. The van der Waals surface area contributed by atoms with Gasteiger partial charge in [-0.05, 0) is 43.3 Å². The molecule has 2 aliphatic heterocycles. The predicted octanol–water partition coefficient (Wildman–Crippen LogP) is 2.37. The first kappa shape index (κ1) is 15.5. The van der Waals surface area contributed by atoms with Crippen molar-refractivity contribution in [1.29, 1.82) is 0 Å². The Labute approximate surface area is 141 Å². The average molecular weight is 345 g/mol. The van der Waals surface area contributed by atoms with Gasteiger partial charge < -0.3 is 14.8 Å². The fourth-order valence-corrected chi connectivity index (χ4v) is 4.78. The Morgan fingerprint density at radius 1 is 1.17 bits per heavy atom. The maximum atomic E-state index is 12.9. The molecule has 6 heteroatoms. The molecule has 2 atom stereocenters. The van der Waals surface area contributed by atoms with Crippen LogP contribution in [-0.4, -0.2) is 34.7 Å². The Kier molecular flexibility index (Phi) is 3.73. The van der Waals surface area contributed by atoms with Gasteiger partial charge in [-0.2, -0.15) is 0 Å². The summed E-state index contributed by atoms with van der Waals surface area (Å²) in [7, 11) is -2.08. The topological polar surface area (TPSA) is 64.6 Å². The predicted molar refractivity (Wildman–Crippen MR) is 89.5 cm³/mol. The monoisotopic (exact) mass is 345 g/mol. The molecule has 5 nitrogen and oxygen atoms in total. The van der Waals surface area contributed by atoms with E-state index < -0.39 is 9.84 Å². The van der Waals surface area contributed by atoms with E-state index in [2.05, 4.69) is 5.32 Å². The van der Waals surface area contributed by atoms with E-state index in [0.717, 1.165) is 25.1 Å². The minimum atomic E-state index is -3.60. The van der Waals surface area contributed by atoms with Gasteiger partial charge in [0.15, 0.2) is 0 Å². The summed E-state index contributed by atoms with van der Waals surface area (Å²) >= 11 is 0. The minimum Gasteiger partial charge on any atom is -0.497 e. The molecular weight excluding hydrogens is 326 g/mol. The fraction of sp³-hybridized carbons (Fsp3) is 0.333. The molecule has 0 aliphatic carbocycles. The standard InChI is InChI=1S/C18H19NO4S/c1-22-12-3-2-4-13(9-12)24(20,21)14-5-6-15-16-7-8-19-11-18(16)23-17(15)10-14/h2-6,9-10,16,18-19H,7-8,11H2,1H3. The molecule has 2 unspecified atom stereocenters. The van der Waals surface area contributed by atoms with Crippen molar-refractivity contribution in [1.82, 2.24) is 5.32 Å². The number of hydrogen-bond acceptors (Lipinski definition) is 5. The van der Waals surface area contributed by atoms with Crippen LogP contribution in [0.3, 0.4) is 0 Å². The summed E-state index contributed by atoms with van der Waals surface area (Å²) in [6.07, 6.45) is 1.11. The Balaban J connectivity index is 1.72. The molecular formula is C18H19NO4S. The molecule has 2 aliphatic rings. The highest BCUT2D eigenvalue weighted by Gasteiger charge is 2.36. The van der Waals surface area contributed by atoms with Crippen molar-refractivity contribution >= 4 is 9.84 Å². The second-order valence-corrected chi connectivity index (χ2v) is 8.09. The molecule has 2 aromatic rings. The zero-order chi connectivity index (χ0) is 16.7. The molecule has 0 spiro atoms. The van der Waals surface area contributed by atoms with E-state index >= 15 is 0 Å². The third-order valence-corrected chi connectivity index (χ3v) is 6.50. The van der Waals surface area contributed by atoms with Gasteiger partial charge in [0, 0.05) is 18.0 Å². The molecule has 126 valence electrons. The van der Waals surface area contributed by atoms with Gasteiger partial charge in [0.2, 0.25) is 9.84 Å². The van der Waals surface area contributed by atoms with Crippen LogP contribution < -0.4 is 14.8 Å². The zero-order valence-corrected chi connectivity index (χ0v) is 14.2. The van der Waals surface area contributed by atoms with Crippen molar-refractivity contribution in [2.24, 2.45) is 0 Å². The number of benzene rings is 2. The molecule has 1 saturated heterocycles. The van der Waals surface area contributed by atoms with Crippen LogP contribution in [-0.2, 0) is 9.84 Å². The van der Waals surface area contributed by atoms with Gasteiger partial charge in [0.05, 0.1) is 16.9 Å². The SMILES string of the molecule is COc1cccc(S(=O)(=O)c2ccc3c(c2)OC2CNCCC32)c1. The lowest BCUT2D eigenvalue weighted by atomic mass is 9.90. The summed E-state index contributed by atoms with van der Waals surface area (Å²) in [6, 6.07) is 11.8. The molecule has 1 fully saturated rings. The van der Waals surface area contributed by atoms with Crippen LogP contribution in [0.5, 0.6) is 11.5 Å². The Hall–Kier alpha value is -2.05. The number of rotatable bonds is 3. The molecule has 2 heterocycles. The lowest BCUT2D eigenvalue weighted by Crippen LogP contribution is -2.39. The summed E-state index contributed by atoms with van der Waals surface area (Å²) in [5.41, 5.74) is 1.12. The second kappa shape index (κ2) is 5.79. The van der Waals surface area contributed by atoms with Crippen LogP contribution in [0, 0.1) is 0 Å². The molecule has 0 bridgehead atoms. The van der Waals surface area contributed by atoms with Crippen LogP contribution in [0.2, 0.25) is 0 Å². The summed E-state index contributed by atoms with van der Waals surface area (Å²) in [5.74, 6) is 1.57. The van der Waals surface area contributed by atoms with Crippen LogP contribution in [0.1, 0.15) is 17.9 Å². The van der Waals surface area contributed by atoms with E-state index in [1.807, 2.05) is 6.07 Å². The average Bonchev–Trinajstić information content (AvgIpc) is 2.99. The summed E-state index contributed by atoms with van der Waals surface area (Å²) in [6.45, 7) is 1.77. The lowest BCUT2D eigenvalue weighted by molar-refractivity contribution is 0.176. The van der Waals surface area contributed by atoms with Crippen LogP contribution >= 0.6 is 0 Å². The maximum Gasteiger partial charge on any atom is 0.206 e. The zero-order valence-electron chi connectivity index (χ0n) is 13.4. The first-order valence-electron chi connectivity index (χ1n) is 8.00. The molecule has 0 radical (unpaired) electrons. The maximum absolute atomic E-state index is 12.9. The summed E-state index contributed by atoms with van der Waals surface area (Å²) in [5, 5.41) is 3.32. The quantitative estimate of drug-likeness (QED) is 0.925. The normalized spacial score (nSPS) is 22.4. The molecule has 0 saturated carbocycles. The van der Waals surface area contributed by atoms with Crippen molar-refractivity contribution in [3.05, 3.63) is 48.0 Å². The van der Waals surface area contributed by atoms with Crippen LogP contribution in [0.25, 0.3) is 0 Å². The van der Waals surface area contributed by atoms with Gasteiger partial charge in [0.25, 0.3) is 0 Å². The van der Waals surface area contributed by atoms with Crippen LogP contribution in [0.15, 0.2) is 52.3 Å². The minimum absolute atomic E-state index is 0.100. The largest absolute Gasteiger partial charge is 0.497 e. The van der Waals surface area contributed by atoms with E-state index in [1.165, 1.54) is 13.2 Å². The third-order valence-electron chi connectivity index (χ3n) is 4.75. The molecule has 2 aromatic carbocycles. The first-order chi connectivity index (χ1) is 11.6. The van der Waals surface area contributed by atoms with E-state index in [9.17, 15) is 8.42 Å². The van der Waals surface area contributed by atoms with Gasteiger partial charge in [-0.1, -0.05) is 12.1 Å². The number of sulfone groups is 1. The lowest BCUT2D eigenvalue weighted by Gasteiger charge is -2.24. The Bertz CT molecular complexity index is 878. The highest BCUT2D eigenvalue weighted by molar-refractivity contribution is 7.91. The highest BCUT2D eigenvalue weighted by Crippen LogP contribution is 2.42. The van der Waals surface area contributed by atoms with Gasteiger partial charge in [0.1, 0.15) is 17.6 Å². The highest BCUT2D eigenvalue weighted by atomic mass is 32.2. The number of ether oxygens (including phenoxy) is 2. The third kappa shape index (κ3) is 2.46. The van der Waals surface area contributed by atoms with Gasteiger partial charge >= 0.3 is 0 Å². The van der Waals surface area contributed by atoms with Crippen molar-refractivity contribution in [2.75, 3.05) is 20.2 Å². The molecule has 1 N–H and O–H groups in total. The van der Waals surface area contributed by atoms with Gasteiger partial charge in [-0.3, -0.25) is 0 Å². The van der Waals surface area contributed by atoms with E-state index in [-0.39, 0.29) is 15.9 Å². The second-order valence-electron chi connectivity index (χ2n) is 6.14. The van der Waals surface area contributed by atoms with Crippen molar-refractivity contribution in [3.8, 4) is 11.5 Å². The van der Waals surface area contributed by atoms with E-state index in [1.54, 1.807) is 30.3 Å². The molecule has 0 amide bonds. The van der Waals surface area contributed by atoms with Crippen molar-refractivity contribution in [3.63, 3.8) is 0 Å². The molecule has 0 aromatic heterocycles. The fourth-order valence-electron chi connectivity index (χ4n) is 3.47.